The van der Waals surface area contributed by atoms with Gasteiger partial charge in [-0.1, -0.05) is 12.8 Å². The second kappa shape index (κ2) is 7.06. The fraction of sp³-hybridized carbons (Fsp3) is 0.533. The fourth-order valence-electron chi connectivity index (χ4n) is 2.59. The zero-order valence-electron chi connectivity index (χ0n) is 12.2. The van der Waals surface area contributed by atoms with Crippen LogP contribution >= 0.6 is 0 Å². The normalized spacial score (nSPS) is 15.4. The van der Waals surface area contributed by atoms with Crippen LogP contribution in [-0.4, -0.2) is 30.6 Å². The summed E-state index contributed by atoms with van der Waals surface area (Å²) >= 11 is 0. The Labute approximate surface area is 123 Å². The van der Waals surface area contributed by atoms with Crippen molar-refractivity contribution in [3.63, 3.8) is 0 Å². The van der Waals surface area contributed by atoms with Gasteiger partial charge in [0, 0.05) is 19.2 Å². The lowest BCUT2D eigenvalue weighted by Gasteiger charge is -2.22. The molecule has 6 heteroatoms. The lowest BCUT2D eigenvalue weighted by Crippen LogP contribution is -2.24. The number of carbonyl (C=O) groups excluding carboxylic acids is 1. The third-order valence-electron chi connectivity index (χ3n) is 3.63. The number of benzene rings is 1. The van der Waals surface area contributed by atoms with Gasteiger partial charge in [-0.25, -0.2) is 4.79 Å². The van der Waals surface area contributed by atoms with Crippen LogP contribution in [0, 0.1) is 10.1 Å². The van der Waals surface area contributed by atoms with E-state index in [-0.39, 0.29) is 17.9 Å². The zero-order valence-corrected chi connectivity index (χ0v) is 12.2. The molecule has 0 bridgehead atoms. The maximum Gasteiger partial charge on any atom is 0.338 e. The minimum Gasteiger partial charge on any atom is -0.462 e. The molecule has 0 spiro atoms. The Balaban J connectivity index is 2.32. The Morgan fingerprint density at radius 2 is 1.95 bits per heavy atom. The Bertz CT molecular complexity index is 522. The number of nitro groups is 1. The Morgan fingerprint density at radius 3 is 2.52 bits per heavy atom. The van der Waals surface area contributed by atoms with E-state index >= 15 is 0 Å². The minimum absolute atomic E-state index is 0.0255. The zero-order chi connectivity index (χ0) is 15.2. The van der Waals surface area contributed by atoms with Crippen LogP contribution in [0.3, 0.4) is 0 Å². The molecule has 0 aliphatic carbocycles. The van der Waals surface area contributed by atoms with Crippen LogP contribution in [-0.2, 0) is 4.74 Å². The summed E-state index contributed by atoms with van der Waals surface area (Å²) in [7, 11) is 0. The number of anilines is 1. The van der Waals surface area contributed by atoms with E-state index in [9.17, 15) is 14.9 Å². The molecule has 1 heterocycles. The van der Waals surface area contributed by atoms with Crippen LogP contribution < -0.4 is 4.90 Å². The number of nitro benzene ring substituents is 1. The van der Waals surface area contributed by atoms with Crippen LogP contribution in [0.15, 0.2) is 18.2 Å². The molecule has 1 fully saturated rings. The first kappa shape index (κ1) is 15.3. The molecule has 6 nitrogen and oxygen atoms in total. The van der Waals surface area contributed by atoms with Gasteiger partial charge >= 0.3 is 5.97 Å². The quantitative estimate of drug-likeness (QED) is 0.484. The minimum atomic E-state index is -0.525. The highest BCUT2D eigenvalue weighted by Gasteiger charge is 2.22. The predicted octanol–water partition coefficient (Wildman–Crippen LogP) is 3.15. The molecule has 21 heavy (non-hydrogen) atoms. The summed E-state index contributed by atoms with van der Waals surface area (Å²) in [5, 5.41) is 11.3. The summed E-state index contributed by atoms with van der Waals surface area (Å²) in [5.74, 6) is -0.525. The van der Waals surface area contributed by atoms with Gasteiger partial charge in [0.05, 0.1) is 17.1 Å². The average Bonchev–Trinajstić information content (AvgIpc) is 2.75. The Kier molecular flexibility index (Phi) is 5.14. The van der Waals surface area contributed by atoms with Crippen molar-refractivity contribution < 1.29 is 14.5 Å². The maximum atomic E-state index is 11.7. The van der Waals surface area contributed by atoms with E-state index in [1.54, 1.807) is 19.1 Å². The van der Waals surface area contributed by atoms with Crippen LogP contribution in [0.5, 0.6) is 0 Å². The van der Waals surface area contributed by atoms with Gasteiger partial charge in [0.1, 0.15) is 5.69 Å². The second-order valence-electron chi connectivity index (χ2n) is 5.08. The van der Waals surface area contributed by atoms with Gasteiger partial charge in [0.15, 0.2) is 0 Å². The lowest BCUT2D eigenvalue weighted by molar-refractivity contribution is -0.384. The molecule has 0 unspecified atom stereocenters. The van der Waals surface area contributed by atoms with E-state index in [1.807, 2.05) is 4.90 Å². The number of nitrogens with zero attached hydrogens (tertiary/aromatic N) is 2. The molecular formula is C15H20N2O4. The van der Waals surface area contributed by atoms with E-state index in [0.29, 0.717) is 5.69 Å². The molecule has 1 saturated heterocycles. The molecule has 0 amide bonds. The van der Waals surface area contributed by atoms with Crippen molar-refractivity contribution >= 4 is 17.3 Å². The number of rotatable bonds is 4. The van der Waals surface area contributed by atoms with Gasteiger partial charge in [-0.05, 0) is 31.9 Å². The predicted molar refractivity (Wildman–Crippen MR) is 79.7 cm³/mol. The van der Waals surface area contributed by atoms with Gasteiger partial charge < -0.3 is 9.64 Å². The average molecular weight is 292 g/mol. The number of ether oxygens (including phenoxy) is 1. The molecule has 2 rings (SSSR count). The summed E-state index contributed by atoms with van der Waals surface area (Å²) in [4.78, 5) is 24.6. The Hall–Kier alpha value is -2.11. The molecule has 1 aliphatic rings. The second-order valence-corrected chi connectivity index (χ2v) is 5.08. The van der Waals surface area contributed by atoms with Gasteiger partial charge in [0.25, 0.3) is 5.69 Å². The first-order valence-electron chi connectivity index (χ1n) is 7.34. The smallest absolute Gasteiger partial charge is 0.338 e. The van der Waals surface area contributed by atoms with Crippen molar-refractivity contribution in [1.82, 2.24) is 0 Å². The summed E-state index contributed by atoms with van der Waals surface area (Å²) in [6.45, 7) is 3.59. The molecule has 0 atom stereocenters. The highest BCUT2D eigenvalue weighted by Crippen LogP contribution is 2.31. The maximum absolute atomic E-state index is 11.7. The summed E-state index contributed by atoms with van der Waals surface area (Å²) < 4.78 is 4.89. The van der Waals surface area contributed by atoms with Gasteiger partial charge in [-0.2, -0.15) is 0 Å². The van der Waals surface area contributed by atoms with Crippen molar-refractivity contribution in [2.75, 3.05) is 24.6 Å². The number of carbonyl (C=O) groups is 1. The van der Waals surface area contributed by atoms with Crippen molar-refractivity contribution in [1.29, 1.82) is 0 Å². The number of hydrogen-bond acceptors (Lipinski definition) is 5. The molecule has 0 radical (unpaired) electrons. The first-order valence-corrected chi connectivity index (χ1v) is 7.34. The van der Waals surface area contributed by atoms with Crippen LogP contribution in [0.4, 0.5) is 11.4 Å². The van der Waals surface area contributed by atoms with E-state index in [0.717, 1.165) is 38.8 Å². The standard InChI is InChI=1S/C15H20N2O4/c1-2-21-15(18)12-7-8-13(14(11-12)17(19)20)16-9-5-3-4-6-10-16/h7-8,11H,2-6,9-10H2,1H3. The molecule has 114 valence electrons. The largest absolute Gasteiger partial charge is 0.462 e. The van der Waals surface area contributed by atoms with E-state index in [4.69, 9.17) is 4.74 Å². The van der Waals surface area contributed by atoms with Crippen LogP contribution in [0.25, 0.3) is 0 Å². The monoisotopic (exact) mass is 292 g/mol. The lowest BCUT2D eigenvalue weighted by atomic mass is 10.1. The number of hydrogen-bond donors (Lipinski definition) is 0. The molecule has 1 aromatic rings. The van der Waals surface area contributed by atoms with Crippen molar-refractivity contribution in [3.8, 4) is 0 Å². The van der Waals surface area contributed by atoms with Crippen LogP contribution in [0.2, 0.25) is 0 Å². The molecular weight excluding hydrogens is 272 g/mol. The summed E-state index contributed by atoms with van der Waals surface area (Å²) in [6.07, 6.45) is 4.39. The molecule has 0 N–H and O–H groups in total. The molecule has 1 aliphatic heterocycles. The third kappa shape index (κ3) is 3.71. The van der Waals surface area contributed by atoms with E-state index in [1.165, 1.54) is 6.07 Å². The van der Waals surface area contributed by atoms with Gasteiger partial charge in [0.2, 0.25) is 0 Å². The molecule has 1 aromatic carbocycles. The molecule has 0 saturated carbocycles. The third-order valence-corrected chi connectivity index (χ3v) is 3.63. The van der Waals surface area contributed by atoms with Crippen LogP contribution in [0.1, 0.15) is 43.0 Å². The van der Waals surface area contributed by atoms with E-state index in [2.05, 4.69) is 0 Å². The van der Waals surface area contributed by atoms with E-state index < -0.39 is 10.9 Å². The summed E-state index contributed by atoms with van der Waals surface area (Å²) in [6, 6.07) is 4.58. The topological polar surface area (TPSA) is 72.7 Å². The van der Waals surface area contributed by atoms with Gasteiger partial charge in [-0.15, -0.1) is 0 Å². The fourth-order valence-corrected chi connectivity index (χ4v) is 2.59. The van der Waals surface area contributed by atoms with Crippen molar-refractivity contribution in [3.05, 3.63) is 33.9 Å². The Morgan fingerprint density at radius 1 is 1.29 bits per heavy atom. The van der Waals surface area contributed by atoms with Crippen molar-refractivity contribution in [2.45, 2.75) is 32.6 Å². The summed E-state index contributed by atoms with van der Waals surface area (Å²) in [5.41, 5.74) is 0.791. The highest BCUT2D eigenvalue weighted by atomic mass is 16.6. The van der Waals surface area contributed by atoms with Gasteiger partial charge in [-0.3, -0.25) is 10.1 Å². The molecule has 0 aromatic heterocycles. The SMILES string of the molecule is CCOC(=O)c1ccc(N2CCCCCC2)c([N+](=O)[O-])c1. The number of esters is 1. The van der Waals surface area contributed by atoms with Crippen molar-refractivity contribution in [2.24, 2.45) is 0 Å². The first-order chi connectivity index (χ1) is 10.1. The highest BCUT2D eigenvalue weighted by molar-refractivity contribution is 5.91.